The molecule has 0 N–H and O–H groups in total. The van der Waals surface area contributed by atoms with Gasteiger partial charge in [-0.2, -0.15) is 18.2 Å². The van der Waals surface area contributed by atoms with E-state index in [-0.39, 0.29) is 55.5 Å². The van der Waals surface area contributed by atoms with Gasteiger partial charge in [0.05, 0.1) is 23.6 Å². The number of imidazole rings is 1. The first-order valence-corrected chi connectivity index (χ1v) is 24.7. The van der Waals surface area contributed by atoms with Gasteiger partial charge in [0.2, 0.25) is 0 Å². The molecular formula is C67H60N4OPt-2. The minimum absolute atomic E-state index is 0. The predicted molar refractivity (Wildman–Crippen MR) is 297 cm³/mol. The first-order chi connectivity index (χ1) is 37.1. The second-order valence-electron chi connectivity index (χ2n) is 21.0. The first-order valence-electron chi connectivity index (χ1n) is 27.7. The van der Waals surface area contributed by atoms with Crippen LogP contribution in [0.1, 0.15) is 93.1 Å². The van der Waals surface area contributed by atoms with E-state index in [0.29, 0.717) is 34.3 Å². The molecule has 0 bridgehead atoms. The molecule has 6 heteroatoms. The molecule has 11 aromatic rings. The largest absolute Gasteiger partial charge is 0.510 e. The van der Waals surface area contributed by atoms with Gasteiger partial charge in [-0.1, -0.05) is 195 Å². The number of fused-ring (bicyclic) bond motifs is 4. The fourth-order valence-electron chi connectivity index (χ4n) is 9.55. The van der Waals surface area contributed by atoms with Crippen molar-refractivity contribution in [3.8, 4) is 62.1 Å². The third kappa shape index (κ3) is 9.48. The van der Waals surface area contributed by atoms with Crippen molar-refractivity contribution in [1.29, 1.82) is 0 Å². The van der Waals surface area contributed by atoms with Crippen molar-refractivity contribution < 1.29 is 38.6 Å². The van der Waals surface area contributed by atoms with Gasteiger partial charge in [0, 0.05) is 45.6 Å². The molecule has 0 saturated carbocycles. The van der Waals surface area contributed by atoms with E-state index in [1.54, 1.807) is 6.20 Å². The van der Waals surface area contributed by atoms with E-state index in [0.717, 1.165) is 71.8 Å². The van der Waals surface area contributed by atoms with Gasteiger partial charge in [-0.15, -0.1) is 29.7 Å². The summed E-state index contributed by atoms with van der Waals surface area (Å²) >= 11 is 0. The number of hydrogen-bond donors (Lipinski definition) is 0. The van der Waals surface area contributed by atoms with E-state index in [2.05, 4.69) is 139 Å². The van der Waals surface area contributed by atoms with Crippen LogP contribution in [0.2, 0.25) is 0 Å². The Bertz CT molecular complexity index is 4110. The van der Waals surface area contributed by atoms with Crippen molar-refractivity contribution in [3.63, 3.8) is 0 Å². The van der Waals surface area contributed by atoms with Crippen molar-refractivity contribution in [3.05, 3.63) is 223 Å². The summed E-state index contributed by atoms with van der Waals surface area (Å²) in [5.74, 6) is 0.838. The summed E-state index contributed by atoms with van der Waals surface area (Å²) in [6, 6.07) is 56.0. The third-order valence-corrected chi connectivity index (χ3v) is 13.8. The van der Waals surface area contributed by atoms with Gasteiger partial charge in [-0.05, 0) is 108 Å². The van der Waals surface area contributed by atoms with E-state index in [1.165, 1.54) is 0 Å². The zero-order chi connectivity index (χ0) is 55.2. The number of nitrogens with zero attached hydrogens (tertiary/aromatic N) is 4. The van der Waals surface area contributed by atoms with Crippen molar-refractivity contribution in [2.75, 3.05) is 0 Å². The summed E-state index contributed by atoms with van der Waals surface area (Å²) in [4.78, 5) is 4.84. The van der Waals surface area contributed by atoms with Crippen molar-refractivity contribution in [2.24, 2.45) is 5.92 Å². The maximum Gasteiger partial charge on any atom is 0.268 e. The van der Waals surface area contributed by atoms with E-state index >= 15 is 0 Å². The maximum absolute atomic E-state index is 9.35. The molecule has 0 aliphatic carbocycles. The second kappa shape index (κ2) is 19.6. The number of benzene rings is 8. The summed E-state index contributed by atoms with van der Waals surface area (Å²) in [5.41, 5.74) is 11.4. The summed E-state index contributed by atoms with van der Waals surface area (Å²) in [6.45, 7) is 19.3. The topological polar surface area (TPSA) is 35.9 Å². The molecular weight excluding hydrogens is 1070 g/mol. The molecule has 0 fully saturated rings. The minimum Gasteiger partial charge on any atom is -0.510 e. The van der Waals surface area contributed by atoms with E-state index in [1.807, 2.05) is 107 Å². The second-order valence-corrected chi connectivity index (χ2v) is 21.0. The Morgan fingerprint density at radius 3 is 2.01 bits per heavy atom. The molecule has 3 aromatic heterocycles. The molecule has 1 atom stereocenters. The molecule has 0 saturated heterocycles. The normalized spacial score (nSPS) is 14.0. The maximum atomic E-state index is 9.35. The molecule has 0 aliphatic heterocycles. The van der Waals surface area contributed by atoms with Crippen LogP contribution in [0.3, 0.4) is 0 Å². The fourth-order valence-corrected chi connectivity index (χ4v) is 9.55. The van der Waals surface area contributed by atoms with Crippen LogP contribution < -0.4 is 9.30 Å². The first kappa shape index (κ1) is 42.2. The fraction of sp³-hybridized carbons (Fsp3) is 0.194. The standard InChI is InChI=1S/C67H60N4O.Pt/c1-44(2)45(3)48-34-35-68-64(39-48)71-60-29-17-16-26-58(60)59-32-31-55(42-62(59)71)72-54-25-18-24-53(41-54)69-43-70(63-38-49(30-33-61(63)69)46-20-12-10-13-21-46)65-56(47-22-14-11-15-23-47)27-19-28-57(65)50-36-51(66(4,5)6)40-52(37-50)67(7,8)9;/h10-40,44-45H,1-9H3;/q-2;/i11D,14D,15D,22D,23D,45D;. The van der Waals surface area contributed by atoms with Crippen LogP contribution in [0, 0.1) is 24.4 Å². The Labute approximate surface area is 453 Å². The van der Waals surface area contributed by atoms with Crippen LogP contribution in [0.5, 0.6) is 11.5 Å². The Kier molecular flexibility index (Phi) is 11.3. The van der Waals surface area contributed by atoms with Crippen LogP contribution in [-0.4, -0.2) is 14.1 Å². The average molecular weight is 1140 g/mol. The average Bonchev–Trinajstić information content (AvgIpc) is 4.23. The van der Waals surface area contributed by atoms with Crippen LogP contribution in [0.15, 0.2) is 188 Å². The van der Waals surface area contributed by atoms with Crippen LogP contribution in [-0.2, 0) is 31.9 Å². The van der Waals surface area contributed by atoms with Crippen molar-refractivity contribution >= 4 is 32.8 Å². The number of para-hydroxylation sites is 2. The number of hydrogen-bond acceptors (Lipinski definition) is 2. The molecule has 1 unspecified atom stereocenters. The van der Waals surface area contributed by atoms with E-state index in [9.17, 15) is 4.11 Å². The third-order valence-electron chi connectivity index (χ3n) is 13.8. The van der Waals surface area contributed by atoms with Gasteiger partial charge >= 0.3 is 0 Å². The SMILES string of the molecule is [2H]c1c([2H])c([2H])c(-c2cccc(-c3cc(C(C)(C)C)cc(C(C)(C)C)c3)c2-[n+]2[c-]n(-c3[c-]c(Oc4[c-]c5c(cc4)c4ccccc4n5-c4cc(C([2H])(C)C(C)C)ccn4)ccc3)c3ccc(-c4ccccc4)cc32)c([2H])c1[2H].[Pt]. The molecule has 366 valence electrons. The van der Waals surface area contributed by atoms with Crippen LogP contribution >= 0.6 is 0 Å². The summed E-state index contributed by atoms with van der Waals surface area (Å²) in [7, 11) is 0. The Hall–Kier alpha value is -7.33. The molecule has 11 rings (SSSR count). The number of ether oxygens (including phenoxy) is 1. The Balaban J connectivity index is 0.00000704. The van der Waals surface area contributed by atoms with Gasteiger partial charge in [-0.25, -0.2) is 4.98 Å². The number of pyridine rings is 1. The van der Waals surface area contributed by atoms with Crippen LogP contribution in [0.25, 0.3) is 83.4 Å². The van der Waals surface area contributed by atoms with Gasteiger partial charge in [-0.3, -0.25) is 4.57 Å². The predicted octanol–water partition coefficient (Wildman–Crippen LogP) is 16.9. The summed E-state index contributed by atoms with van der Waals surface area (Å²) < 4.78 is 66.9. The van der Waals surface area contributed by atoms with Crippen LogP contribution in [0.4, 0.5) is 0 Å². The quantitative estimate of drug-likeness (QED) is 0.101. The minimum atomic E-state index is -0.828. The van der Waals surface area contributed by atoms with Crippen molar-refractivity contribution in [1.82, 2.24) is 14.1 Å². The molecule has 3 heterocycles. The number of aromatic nitrogens is 4. The zero-order valence-corrected chi connectivity index (χ0v) is 44.9. The molecule has 8 aromatic carbocycles. The Morgan fingerprint density at radius 2 is 1.29 bits per heavy atom. The smallest absolute Gasteiger partial charge is 0.268 e. The molecule has 0 aliphatic rings. The monoisotopic (exact) mass is 1140 g/mol. The molecule has 0 radical (unpaired) electrons. The van der Waals surface area contributed by atoms with Gasteiger partial charge < -0.3 is 13.9 Å². The molecule has 73 heavy (non-hydrogen) atoms. The Morgan fingerprint density at radius 1 is 0.603 bits per heavy atom. The van der Waals surface area contributed by atoms with Gasteiger partial charge in [0.25, 0.3) is 6.33 Å². The summed E-state index contributed by atoms with van der Waals surface area (Å²) in [5, 5.41) is 2.02. The summed E-state index contributed by atoms with van der Waals surface area (Å²) in [6.07, 6.45) is 5.51. The zero-order valence-electron chi connectivity index (χ0n) is 48.6. The van der Waals surface area contributed by atoms with Crippen molar-refractivity contribution in [2.45, 2.75) is 79.0 Å². The number of rotatable bonds is 10. The molecule has 5 nitrogen and oxygen atoms in total. The van der Waals surface area contributed by atoms with Gasteiger partial charge in [0.1, 0.15) is 5.82 Å². The van der Waals surface area contributed by atoms with E-state index < -0.39 is 24.0 Å². The van der Waals surface area contributed by atoms with E-state index in [4.69, 9.17) is 13.8 Å². The molecule has 0 spiro atoms. The molecule has 0 amide bonds. The van der Waals surface area contributed by atoms with Gasteiger partial charge in [0.15, 0.2) is 0 Å².